The van der Waals surface area contributed by atoms with Gasteiger partial charge < -0.3 is 0 Å². The van der Waals surface area contributed by atoms with Gasteiger partial charge in [-0.3, -0.25) is 19.2 Å². The van der Waals surface area contributed by atoms with E-state index >= 15 is 0 Å². The molecule has 0 aliphatic carbocycles. The Bertz CT molecular complexity index is 398. The van der Waals surface area contributed by atoms with Crippen LogP contribution in [0.25, 0.3) is 0 Å². The molecule has 0 aromatic carbocycles. The molecule has 0 rings (SSSR count). The van der Waals surface area contributed by atoms with Crippen LogP contribution in [0.1, 0.15) is 79.1 Å². The second-order valence-corrected chi connectivity index (χ2v) is 6.28. The summed E-state index contributed by atoms with van der Waals surface area (Å²) in [6.45, 7) is 7.02. The van der Waals surface area contributed by atoms with E-state index in [4.69, 9.17) is 0 Å². The molecule has 0 bridgehead atoms. The molecular formula is C18H30O4. The largest absolute Gasteiger partial charge is 0.300 e. The van der Waals surface area contributed by atoms with E-state index in [1.54, 1.807) is 6.92 Å². The molecule has 0 aliphatic heterocycles. The molecule has 4 heteroatoms. The van der Waals surface area contributed by atoms with Gasteiger partial charge in [0.25, 0.3) is 0 Å². The van der Waals surface area contributed by atoms with Crippen molar-refractivity contribution in [2.75, 3.05) is 0 Å². The second-order valence-electron chi connectivity index (χ2n) is 6.28. The van der Waals surface area contributed by atoms with Crippen molar-refractivity contribution in [2.24, 2.45) is 11.8 Å². The topological polar surface area (TPSA) is 68.3 Å². The van der Waals surface area contributed by atoms with Crippen LogP contribution in [0.2, 0.25) is 0 Å². The van der Waals surface area contributed by atoms with E-state index < -0.39 is 5.92 Å². The summed E-state index contributed by atoms with van der Waals surface area (Å²) in [7, 11) is 0. The molecule has 0 saturated carbocycles. The standard InChI is InChI=1S/C18H30O4/c1-5-7-15(12-16(20)6-2)8-9-17(21)10-13(3)18(22)11-14(4)19/h13,15H,5-12H2,1-4H3. The maximum Gasteiger partial charge on any atom is 0.143 e. The SMILES string of the molecule is CCCC(CCC(=O)CC(C)C(=O)CC(C)=O)CC(=O)CC. The molecule has 0 radical (unpaired) electrons. The maximum atomic E-state index is 12.0. The summed E-state index contributed by atoms with van der Waals surface area (Å²) in [6, 6.07) is 0. The first-order valence-electron chi connectivity index (χ1n) is 8.35. The van der Waals surface area contributed by atoms with E-state index in [2.05, 4.69) is 6.92 Å². The zero-order valence-corrected chi connectivity index (χ0v) is 14.4. The van der Waals surface area contributed by atoms with E-state index in [-0.39, 0.29) is 41.9 Å². The Kier molecular flexibility index (Phi) is 10.6. The molecule has 0 aromatic heterocycles. The van der Waals surface area contributed by atoms with Gasteiger partial charge in [-0.25, -0.2) is 0 Å². The zero-order valence-electron chi connectivity index (χ0n) is 14.4. The lowest BCUT2D eigenvalue weighted by Gasteiger charge is -2.15. The molecule has 0 fully saturated rings. The fourth-order valence-electron chi connectivity index (χ4n) is 2.57. The number of ketones is 4. The fraction of sp³-hybridized carbons (Fsp3) is 0.778. The lowest BCUT2D eigenvalue weighted by Crippen LogP contribution is -2.18. The Hall–Kier alpha value is -1.32. The van der Waals surface area contributed by atoms with Crippen LogP contribution < -0.4 is 0 Å². The molecular weight excluding hydrogens is 280 g/mol. The van der Waals surface area contributed by atoms with Gasteiger partial charge in [-0.1, -0.05) is 33.6 Å². The van der Waals surface area contributed by atoms with Crippen LogP contribution in [0.5, 0.6) is 0 Å². The number of rotatable bonds is 13. The first-order valence-corrected chi connectivity index (χ1v) is 8.35. The van der Waals surface area contributed by atoms with Crippen LogP contribution in [0.4, 0.5) is 0 Å². The zero-order chi connectivity index (χ0) is 17.1. The average Bonchev–Trinajstić information content (AvgIpc) is 2.43. The maximum absolute atomic E-state index is 12.0. The molecule has 22 heavy (non-hydrogen) atoms. The molecule has 0 saturated heterocycles. The van der Waals surface area contributed by atoms with Crippen LogP contribution in [0.15, 0.2) is 0 Å². The van der Waals surface area contributed by atoms with E-state index in [0.29, 0.717) is 25.7 Å². The minimum atomic E-state index is -0.390. The van der Waals surface area contributed by atoms with Gasteiger partial charge in [-0.15, -0.1) is 0 Å². The predicted octanol–water partition coefficient (Wildman–Crippen LogP) is 3.70. The Morgan fingerprint density at radius 1 is 0.909 bits per heavy atom. The van der Waals surface area contributed by atoms with Gasteiger partial charge in [0.05, 0.1) is 6.42 Å². The van der Waals surface area contributed by atoms with Crippen molar-refractivity contribution >= 4 is 23.1 Å². The molecule has 0 heterocycles. The molecule has 4 nitrogen and oxygen atoms in total. The molecule has 0 amide bonds. The molecule has 0 aromatic rings. The first-order chi connectivity index (χ1) is 10.3. The minimum absolute atomic E-state index is 0.0504. The van der Waals surface area contributed by atoms with Gasteiger partial charge in [0.15, 0.2) is 0 Å². The van der Waals surface area contributed by atoms with Crippen LogP contribution in [-0.4, -0.2) is 23.1 Å². The van der Waals surface area contributed by atoms with Crippen LogP contribution in [0.3, 0.4) is 0 Å². The Morgan fingerprint density at radius 2 is 1.55 bits per heavy atom. The lowest BCUT2D eigenvalue weighted by molar-refractivity contribution is -0.131. The second kappa shape index (κ2) is 11.3. The minimum Gasteiger partial charge on any atom is -0.300 e. The molecule has 126 valence electrons. The summed E-state index contributed by atoms with van der Waals surface area (Å²) in [5.74, 6) is -0.147. The number of hydrogen-bond acceptors (Lipinski definition) is 4. The first kappa shape index (κ1) is 20.7. The fourth-order valence-corrected chi connectivity index (χ4v) is 2.57. The summed E-state index contributed by atoms with van der Waals surface area (Å²) in [4.78, 5) is 46.2. The van der Waals surface area contributed by atoms with Crippen LogP contribution >= 0.6 is 0 Å². The number of Topliss-reactive ketones (excluding diaryl/α,β-unsaturated/α-hetero) is 4. The molecule has 0 aliphatic rings. The summed E-state index contributed by atoms with van der Waals surface area (Å²) in [6.07, 6.45) is 4.30. The highest BCUT2D eigenvalue weighted by molar-refractivity contribution is 6.00. The smallest absolute Gasteiger partial charge is 0.143 e. The van der Waals surface area contributed by atoms with Gasteiger partial charge in [0.2, 0.25) is 0 Å². The van der Waals surface area contributed by atoms with Crippen molar-refractivity contribution < 1.29 is 19.2 Å². The lowest BCUT2D eigenvalue weighted by atomic mass is 9.89. The van der Waals surface area contributed by atoms with Crippen molar-refractivity contribution in [2.45, 2.75) is 79.1 Å². The summed E-state index contributed by atoms with van der Waals surface area (Å²) >= 11 is 0. The van der Waals surface area contributed by atoms with Crippen molar-refractivity contribution in [3.63, 3.8) is 0 Å². The van der Waals surface area contributed by atoms with Crippen molar-refractivity contribution in [3.8, 4) is 0 Å². The molecule has 2 atom stereocenters. The third-order valence-electron chi connectivity index (χ3n) is 3.95. The van der Waals surface area contributed by atoms with Gasteiger partial charge in [-0.2, -0.15) is 0 Å². The third-order valence-corrected chi connectivity index (χ3v) is 3.95. The van der Waals surface area contributed by atoms with E-state index in [1.165, 1.54) is 6.92 Å². The van der Waals surface area contributed by atoms with Crippen LogP contribution in [-0.2, 0) is 19.2 Å². The van der Waals surface area contributed by atoms with Gasteiger partial charge in [0.1, 0.15) is 23.1 Å². The normalized spacial score (nSPS) is 13.5. The van der Waals surface area contributed by atoms with Crippen molar-refractivity contribution in [1.29, 1.82) is 0 Å². The van der Waals surface area contributed by atoms with Gasteiger partial charge in [0, 0.05) is 31.6 Å². The average molecular weight is 310 g/mol. The van der Waals surface area contributed by atoms with Crippen molar-refractivity contribution in [3.05, 3.63) is 0 Å². The number of hydrogen-bond donors (Lipinski definition) is 0. The van der Waals surface area contributed by atoms with Crippen LogP contribution in [0, 0.1) is 11.8 Å². The predicted molar refractivity (Wildman–Crippen MR) is 86.6 cm³/mol. The Morgan fingerprint density at radius 3 is 2.05 bits per heavy atom. The Balaban J connectivity index is 4.25. The van der Waals surface area contributed by atoms with E-state index in [1.807, 2.05) is 6.92 Å². The highest BCUT2D eigenvalue weighted by Crippen LogP contribution is 2.20. The third kappa shape index (κ3) is 9.59. The van der Waals surface area contributed by atoms with Gasteiger partial charge >= 0.3 is 0 Å². The summed E-state index contributed by atoms with van der Waals surface area (Å²) < 4.78 is 0. The quantitative estimate of drug-likeness (QED) is 0.486. The van der Waals surface area contributed by atoms with E-state index in [9.17, 15) is 19.2 Å². The summed E-state index contributed by atoms with van der Waals surface area (Å²) in [5, 5.41) is 0. The Labute approximate surface area is 134 Å². The van der Waals surface area contributed by atoms with Crippen molar-refractivity contribution in [1.82, 2.24) is 0 Å². The van der Waals surface area contributed by atoms with Gasteiger partial charge in [-0.05, 0) is 19.3 Å². The monoisotopic (exact) mass is 310 g/mol. The van der Waals surface area contributed by atoms with E-state index in [0.717, 1.165) is 12.8 Å². The number of carbonyl (C=O) groups excluding carboxylic acids is 4. The molecule has 0 N–H and O–H groups in total. The molecule has 2 unspecified atom stereocenters. The number of carbonyl (C=O) groups is 4. The molecule has 0 spiro atoms. The summed E-state index contributed by atoms with van der Waals surface area (Å²) in [5.41, 5.74) is 0. The highest BCUT2D eigenvalue weighted by Gasteiger charge is 2.19. The highest BCUT2D eigenvalue weighted by atomic mass is 16.2.